The molecular formula is C19H20F3NO. The third-order valence-corrected chi connectivity index (χ3v) is 4.43. The van der Waals surface area contributed by atoms with Crippen LogP contribution < -0.4 is 4.74 Å². The molecule has 0 N–H and O–H groups in total. The van der Waals surface area contributed by atoms with E-state index in [4.69, 9.17) is 4.74 Å². The molecule has 1 heterocycles. The van der Waals surface area contributed by atoms with Gasteiger partial charge < -0.3 is 9.64 Å². The lowest BCUT2D eigenvalue weighted by Gasteiger charge is -2.37. The minimum Gasteiger partial charge on any atom is -0.490 e. The summed E-state index contributed by atoms with van der Waals surface area (Å²) in [4.78, 5) is 2.13. The Morgan fingerprint density at radius 3 is 2.50 bits per heavy atom. The molecule has 1 aliphatic rings. The van der Waals surface area contributed by atoms with Crippen molar-refractivity contribution in [1.29, 1.82) is 0 Å². The summed E-state index contributed by atoms with van der Waals surface area (Å²) in [6.45, 7) is 1.55. The van der Waals surface area contributed by atoms with Crippen molar-refractivity contribution in [2.24, 2.45) is 0 Å². The van der Waals surface area contributed by atoms with E-state index in [0.29, 0.717) is 12.1 Å². The highest BCUT2D eigenvalue weighted by molar-refractivity contribution is 5.30. The largest absolute Gasteiger partial charge is 0.490 e. The van der Waals surface area contributed by atoms with Gasteiger partial charge in [0.15, 0.2) is 0 Å². The highest BCUT2D eigenvalue weighted by Crippen LogP contribution is 2.34. The first kappa shape index (κ1) is 16.8. The molecule has 2 nitrogen and oxygen atoms in total. The molecule has 1 saturated heterocycles. The molecule has 24 heavy (non-hydrogen) atoms. The second-order valence-corrected chi connectivity index (χ2v) is 6.25. The molecule has 0 aromatic heterocycles. The summed E-state index contributed by atoms with van der Waals surface area (Å²) < 4.78 is 45.1. The quantitative estimate of drug-likeness (QED) is 0.814. The zero-order valence-corrected chi connectivity index (χ0v) is 13.5. The van der Waals surface area contributed by atoms with Gasteiger partial charge >= 0.3 is 6.18 Å². The Hall–Kier alpha value is -2.01. The lowest BCUT2D eigenvalue weighted by molar-refractivity contribution is -0.137. The van der Waals surface area contributed by atoms with Gasteiger partial charge in [-0.2, -0.15) is 13.2 Å². The maximum absolute atomic E-state index is 13.0. The number of benzene rings is 2. The molecule has 0 spiro atoms. The van der Waals surface area contributed by atoms with E-state index in [1.807, 2.05) is 37.4 Å². The molecule has 1 aliphatic heterocycles. The maximum atomic E-state index is 13.0. The molecule has 128 valence electrons. The second-order valence-electron chi connectivity index (χ2n) is 6.25. The number of likely N-dealkylation sites (N-methyl/N-ethyl adjacent to an activating group) is 1. The molecule has 1 fully saturated rings. The average molecular weight is 335 g/mol. The molecule has 0 bridgehead atoms. The number of nitrogens with zero attached hydrogens (tertiary/aromatic N) is 1. The molecule has 2 unspecified atom stereocenters. The Bertz CT molecular complexity index is 672. The van der Waals surface area contributed by atoms with Crippen molar-refractivity contribution in [3.63, 3.8) is 0 Å². The van der Waals surface area contributed by atoms with Crippen LogP contribution >= 0.6 is 0 Å². The summed E-state index contributed by atoms with van der Waals surface area (Å²) in [5, 5.41) is 0. The van der Waals surface area contributed by atoms with Gasteiger partial charge in [-0.3, -0.25) is 0 Å². The van der Waals surface area contributed by atoms with E-state index < -0.39 is 11.7 Å². The number of rotatable bonds is 3. The minimum absolute atomic E-state index is 0.0914. The predicted octanol–water partition coefficient (Wildman–Crippen LogP) is 4.57. The summed E-state index contributed by atoms with van der Waals surface area (Å²) in [7, 11) is 1.99. The predicted molar refractivity (Wildman–Crippen MR) is 87.2 cm³/mol. The number of hydrogen-bond donors (Lipinski definition) is 0. The second kappa shape index (κ2) is 6.85. The molecule has 3 rings (SSSR count). The first-order valence-electron chi connectivity index (χ1n) is 8.01. The van der Waals surface area contributed by atoms with Crippen molar-refractivity contribution in [2.75, 3.05) is 20.1 Å². The highest BCUT2D eigenvalue weighted by atomic mass is 19.4. The topological polar surface area (TPSA) is 12.5 Å². The van der Waals surface area contributed by atoms with Crippen molar-refractivity contribution in [3.8, 4) is 5.75 Å². The standard InChI is InChI=1S/C19H20F3NO/c1-23-11-10-18(24-16-8-3-2-4-9-16)17(13-23)14-6-5-7-15(12-14)19(20,21)22/h2-9,12,17-18H,10-11,13H2,1H3. The zero-order chi connectivity index (χ0) is 17.2. The van der Waals surface area contributed by atoms with Crippen molar-refractivity contribution in [3.05, 3.63) is 65.7 Å². The Labute approximate surface area is 139 Å². The number of piperidine rings is 1. The smallest absolute Gasteiger partial charge is 0.416 e. The zero-order valence-electron chi connectivity index (χ0n) is 13.5. The maximum Gasteiger partial charge on any atom is 0.416 e. The molecule has 2 aromatic rings. The van der Waals surface area contributed by atoms with Crippen LogP contribution in [0.15, 0.2) is 54.6 Å². The van der Waals surface area contributed by atoms with Gasteiger partial charge in [-0.05, 0) is 37.2 Å². The molecule has 0 saturated carbocycles. The van der Waals surface area contributed by atoms with Crippen LogP contribution in [0.4, 0.5) is 13.2 Å². The van der Waals surface area contributed by atoms with Gasteiger partial charge in [-0.15, -0.1) is 0 Å². The van der Waals surface area contributed by atoms with Crippen LogP contribution in [0.2, 0.25) is 0 Å². The van der Waals surface area contributed by atoms with Gasteiger partial charge in [0.05, 0.1) is 5.56 Å². The van der Waals surface area contributed by atoms with Gasteiger partial charge in [-0.1, -0.05) is 36.4 Å². The number of hydrogen-bond acceptors (Lipinski definition) is 2. The molecule has 2 atom stereocenters. The number of para-hydroxylation sites is 1. The fourth-order valence-electron chi connectivity index (χ4n) is 3.17. The van der Waals surface area contributed by atoms with Gasteiger partial charge in [0.1, 0.15) is 11.9 Å². The highest BCUT2D eigenvalue weighted by Gasteiger charge is 2.34. The SMILES string of the molecule is CN1CCC(Oc2ccccc2)C(c2cccc(C(F)(F)F)c2)C1. The first-order valence-corrected chi connectivity index (χ1v) is 8.01. The Morgan fingerprint density at radius 2 is 1.79 bits per heavy atom. The number of likely N-dealkylation sites (tertiary alicyclic amines) is 1. The Balaban J connectivity index is 1.87. The van der Waals surface area contributed by atoms with Crippen LogP contribution in [0.1, 0.15) is 23.5 Å². The lowest BCUT2D eigenvalue weighted by Crippen LogP contribution is -2.42. The van der Waals surface area contributed by atoms with Crippen molar-refractivity contribution < 1.29 is 17.9 Å². The Kier molecular flexibility index (Phi) is 4.81. The summed E-state index contributed by atoms with van der Waals surface area (Å²) in [5.41, 5.74) is 0.0731. The number of halogens is 3. The van der Waals surface area contributed by atoms with Gasteiger partial charge in [-0.25, -0.2) is 0 Å². The summed E-state index contributed by atoms with van der Waals surface area (Å²) >= 11 is 0. The summed E-state index contributed by atoms with van der Waals surface area (Å²) in [5.74, 6) is 0.662. The first-order chi connectivity index (χ1) is 11.4. The van der Waals surface area contributed by atoms with Crippen LogP contribution in [-0.2, 0) is 6.18 Å². The van der Waals surface area contributed by atoms with E-state index in [-0.39, 0.29) is 12.0 Å². The van der Waals surface area contributed by atoms with E-state index in [1.165, 1.54) is 12.1 Å². The molecule has 0 amide bonds. The molecule has 0 aliphatic carbocycles. The molecular weight excluding hydrogens is 315 g/mol. The number of ether oxygens (including phenoxy) is 1. The normalized spacial score (nSPS) is 22.3. The number of alkyl halides is 3. The van der Waals surface area contributed by atoms with Crippen molar-refractivity contribution in [1.82, 2.24) is 4.90 Å². The van der Waals surface area contributed by atoms with Crippen molar-refractivity contribution in [2.45, 2.75) is 24.6 Å². The van der Waals surface area contributed by atoms with E-state index >= 15 is 0 Å². The van der Waals surface area contributed by atoms with Crippen LogP contribution in [-0.4, -0.2) is 31.1 Å². The molecule has 0 radical (unpaired) electrons. The van der Waals surface area contributed by atoms with Gasteiger partial charge in [0.25, 0.3) is 0 Å². The van der Waals surface area contributed by atoms with Crippen LogP contribution in [0, 0.1) is 0 Å². The lowest BCUT2D eigenvalue weighted by atomic mass is 9.87. The summed E-state index contributed by atoms with van der Waals surface area (Å²) in [6.07, 6.45) is -3.68. The van der Waals surface area contributed by atoms with E-state index in [0.717, 1.165) is 24.8 Å². The van der Waals surface area contributed by atoms with E-state index in [9.17, 15) is 13.2 Å². The van der Waals surface area contributed by atoms with Gasteiger partial charge in [0.2, 0.25) is 0 Å². The van der Waals surface area contributed by atoms with E-state index in [1.54, 1.807) is 6.07 Å². The third-order valence-electron chi connectivity index (χ3n) is 4.43. The van der Waals surface area contributed by atoms with Crippen LogP contribution in [0.25, 0.3) is 0 Å². The summed E-state index contributed by atoms with van der Waals surface area (Å²) in [6, 6.07) is 15.1. The van der Waals surface area contributed by atoms with Gasteiger partial charge in [0, 0.05) is 19.0 Å². The molecule has 2 aromatic carbocycles. The van der Waals surface area contributed by atoms with Crippen molar-refractivity contribution >= 4 is 0 Å². The Morgan fingerprint density at radius 1 is 1.04 bits per heavy atom. The third kappa shape index (κ3) is 3.90. The monoisotopic (exact) mass is 335 g/mol. The fraction of sp³-hybridized carbons (Fsp3) is 0.368. The molecule has 5 heteroatoms. The van der Waals surface area contributed by atoms with E-state index in [2.05, 4.69) is 4.90 Å². The average Bonchev–Trinajstić information content (AvgIpc) is 2.57. The fourth-order valence-corrected chi connectivity index (χ4v) is 3.17. The van der Waals surface area contributed by atoms with Crippen LogP contribution in [0.5, 0.6) is 5.75 Å². The minimum atomic E-state index is -4.33. The van der Waals surface area contributed by atoms with Crippen LogP contribution in [0.3, 0.4) is 0 Å².